The van der Waals surface area contributed by atoms with Gasteiger partial charge in [0.05, 0.1) is 11.6 Å². The SMILES string of the molecule is CCCCC1(CCCC)[C@H](O)[C@H](c2cccc(NCC)c2)c2cc(N(C)C)ccc2SN1Cc1ccccc1. The molecule has 5 heteroatoms. The van der Waals surface area contributed by atoms with Crippen LogP contribution in [-0.2, 0) is 6.54 Å². The van der Waals surface area contributed by atoms with Gasteiger partial charge in [0.25, 0.3) is 0 Å². The molecule has 4 nitrogen and oxygen atoms in total. The summed E-state index contributed by atoms with van der Waals surface area (Å²) in [5.74, 6) is -0.125. The molecule has 0 spiro atoms. The zero-order valence-electron chi connectivity index (χ0n) is 24.5. The lowest BCUT2D eigenvalue weighted by Gasteiger charge is -2.47. The molecule has 1 heterocycles. The molecule has 39 heavy (non-hydrogen) atoms. The molecule has 2 atom stereocenters. The summed E-state index contributed by atoms with van der Waals surface area (Å²) in [5.41, 5.74) is 5.60. The van der Waals surface area contributed by atoms with E-state index in [2.05, 4.69) is 122 Å². The minimum Gasteiger partial charge on any atom is -0.390 e. The highest BCUT2D eigenvalue weighted by Crippen LogP contribution is 2.52. The van der Waals surface area contributed by atoms with Gasteiger partial charge in [-0.25, -0.2) is 4.31 Å². The van der Waals surface area contributed by atoms with E-state index in [9.17, 15) is 5.11 Å². The number of fused-ring (bicyclic) bond motifs is 1. The molecule has 1 aliphatic heterocycles. The summed E-state index contributed by atoms with van der Waals surface area (Å²) in [6.45, 7) is 8.33. The molecule has 0 amide bonds. The Morgan fingerprint density at radius 3 is 2.26 bits per heavy atom. The van der Waals surface area contributed by atoms with Crippen LogP contribution in [0, 0.1) is 0 Å². The third-order valence-electron chi connectivity index (χ3n) is 8.14. The van der Waals surface area contributed by atoms with Gasteiger partial charge in [-0.1, -0.05) is 82.0 Å². The van der Waals surface area contributed by atoms with Crippen molar-refractivity contribution in [2.75, 3.05) is 30.9 Å². The van der Waals surface area contributed by atoms with Crippen molar-refractivity contribution in [2.24, 2.45) is 0 Å². The van der Waals surface area contributed by atoms with E-state index in [0.717, 1.165) is 57.3 Å². The maximum atomic E-state index is 12.8. The zero-order chi connectivity index (χ0) is 27.8. The summed E-state index contributed by atoms with van der Waals surface area (Å²) in [7, 11) is 4.19. The number of nitrogens with zero attached hydrogens (tertiary/aromatic N) is 2. The summed E-state index contributed by atoms with van der Waals surface area (Å²) >= 11 is 1.86. The van der Waals surface area contributed by atoms with Crippen LogP contribution in [0.3, 0.4) is 0 Å². The van der Waals surface area contributed by atoms with Crippen LogP contribution in [0.1, 0.15) is 81.9 Å². The van der Waals surface area contributed by atoms with Crippen LogP contribution in [0.5, 0.6) is 0 Å². The lowest BCUT2D eigenvalue weighted by atomic mass is 9.72. The first kappa shape index (κ1) is 29.5. The average Bonchev–Trinajstić information content (AvgIpc) is 3.03. The van der Waals surface area contributed by atoms with E-state index in [4.69, 9.17) is 0 Å². The summed E-state index contributed by atoms with van der Waals surface area (Å²) in [4.78, 5) is 3.40. The predicted molar refractivity (Wildman–Crippen MR) is 169 cm³/mol. The Hall–Kier alpha value is -2.47. The molecule has 0 radical (unpaired) electrons. The van der Waals surface area contributed by atoms with Crippen molar-refractivity contribution in [3.05, 3.63) is 89.5 Å². The fourth-order valence-electron chi connectivity index (χ4n) is 5.96. The highest BCUT2D eigenvalue weighted by atomic mass is 32.2. The van der Waals surface area contributed by atoms with Crippen molar-refractivity contribution in [1.29, 1.82) is 0 Å². The van der Waals surface area contributed by atoms with Crippen molar-refractivity contribution in [3.63, 3.8) is 0 Å². The molecule has 3 aromatic rings. The minimum absolute atomic E-state index is 0.125. The number of benzene rings is 3. The second-order valence-corrected chi connectivity index (χ2v) is 12.2. The number of nitrogens with one attached hydrogen (secondary N) is 1. The van der Waals surface area contributed by atoms with E-state index in [1.807, 2.05) is 11.9 Å². The van der Waals surface area contributed by atoms with Crippen LogP contribution < -0.4 is 10.2 Å². The largest absolute Gasteiger partial charge is 0.390 e. The Morgan fingerprint density at radius 1 is 0.897 bits per heavy atom. The molecule has 3 aromatic carbocycles. The number of rotatable bonds is 12. The number of anilines is 2. The highest BCUT2D eigenvalue weighted by molar-refractivity contribution is 7.97. The monoisotopic (exact) mass is 545 g/mol. The van der Waals surface area contributed by atoms with Crippen LogP contribution in [-0.4, -0.2) is 41.7 Å². The fraction of sp³-hybridized carbons (Fsp3) is 0.471. The Labute approximate surface area is 241 Å². The van der Waals surface area contributed by atoms with Gasteiger partial charge in [0.2, 0.25) is 0 Å². The first-order chi connectivity index (χ1) is 18.9. The van der Waals surface area contributed by atoms with Crippen molar-refractivity contribution < 1.29 is 5.11 Å². The molecule has 210 valence electrons. The summed E-state index contributed by atoms with van der Waals surface area (Å²) in [5, 5.41) is 16.3. The maximum absolute atomic E-state index is 12.8. The lowest BCUT2D eigenvalue weighted by Crippen LogP contribution is -2.55. The topological polar surface area (TPSA) is 38.7 Å². The quantitative estimate of drug-likeness (QED) is 0.224. The predicted octanol–water partition coefficient (Wildman–Crippen LogP) is 8.32. The van der Waals surface area contributed by atoms with E-state index in [-0.39, 0.29) is 11.5 Å². The molecular formula is C34H47N3OS. The molecule has 2 N–H and O–H groups in total. The Morgan fingerprint density at radius 2 is 1.62 bits per heavy atom. The molecule has 0 saturated heterocycles. The van der Waals surface area contributed by atoms with Gasteiger partial charge >= 0.3 is 0 Å². The number of hydrogen-bond donors (Lipinski definition) is 2. The second-order valence-electron chi connectivity index (χ2n) is 11.1. The smallest absolute Gasteiger partial charge is 0.0842 e. The van der Waals surface area contributed by atoms with Gasteiger partial charge in [0.15, 0.2) is 0 Å². The number of hydrogen-bond acceptors (Lipinski definition) is 5. The average molecular weight is 546 g/mol. The van der Waals surface area contributed by atoms with Gasteiger partial charge in [-0.05, 0) is 78.7 Å². The van der Waals surface area contributed by atoms with E-state index in [1.54, 1.807) is 0 Å². The fourth-order valence-corrected chi connectivity index (χ4v) is 7.30. The Balaban J connectivity index is 1.94. The van der Waals surface area contributed by atoms with Crippen molar-refractivity contribution >= 4 is 23.3 Å². The van der Waals surface area contributed by atoms with Gasteiger partial charge in [-0.15, -0.1) is 0 Å². The third kappa shape index (κ3) is 6.65. The normalized spacial score (nSPS) is 18.8. The van der Waals surface area contributed by atoms with Crippen molar-refractivity contribution in [1.82, 2.24) is 4.31 Å². The molecular weight excluding hydrogens is 498 g/mol. The standard InChI is InChI=1S/C34H47N3OS/c1-6-9-21-34(22-10-7-2)33(38)32(27-17-14-18-28(23-27)35-8-3)30-24-29(36(4)5)19-20-31(30)39-37(34)25-26-15-12-11-13-16-26/h11-20,23-24,32-33,35,38H,6-10,21-22,25H2,1-5H3/t32-,33-/m1/s1. The number of aliphatic hydroxyl groups is 1. The van der Waals surface area contributed by atoms with Gasteiger partial charge in [-0.2, -0.15) is 0 Å². The molecule has 0 aliphatic carbocycles. The van der Waals surface area contributed by atoms with Gasteiger partial charge in [0.1, 0.15) is 0 Å². The van der Waals surface area contributed by atoms with Crippen molar-refractivity contribution in [3.8, 4) is 0 Å². The van der Waals surface area contributed by atoms with E-state index in [0.29, 0.717) is 0 Å². The van der Waals surface area contributed by atoms with Gasteiger partial charge < -0.3 is 15.3 Å². The third-order valence-corrected chi connectivity index (χ3v) is 9.42. The Kier molecular flexibility index (Phi) is 10.4. The minimum atomic E-state index is -0.553. The highest BCUT2D eigenvalue weighted by Gasteiger charge is 2.49. The lowest BCUT2D eigenvalue weighted by molar-refractivity contribution is -0.0110. The van der Waals surface area contributed by atoms with Crippen LogP contribution >= 0.6 is 11.9 Å². The molecule has 0 fully saturated rings. The van der Waals surface area contributed by atoms with Crippen LogP contribution in [0.4, 0.5) is 11.4 Å². The van der Waals surface area contributed by atoms with E-state index in [1.165, 1.54) is 27.3 Å². The maximum Gasteiger partial charge on any atom is 0.0842 e. The zero-order valence-corrected chi connectivity index (χ0v) is 25.3. The van der Waals surface area contributed by atoms with Crippen LogP contribution in [0.2, 0.25) is 0 Å². The molecule has 0 aromatic heterocycles. The molecule has 1 aliphatic rings. The first-order valence-electron chi connectivity index (χ1n) is 14.8. The molecule has 0 bridgehead atoms. The second kappa shape index (κ2) is 13.7. The number of aliphatic hydroxyl groups excluding tert-OH is 1. The summed E-state index contributed by atoms with van der Waals surface area (Å²) in [6, 6.07) is 26.3. The van der Waals surface area contributed by atoms with E-state index < -0.39 is 6.10 Å². The Bertz CT molecular complexity index is 1170. The van der Waals surface area contributed by atoms with Gasteiger partial charge in [0, 0.05) is 49.4 Å². The summed E-state index contributed by atoms with van der Waals surface area (Å²) in [6.07, 6.45) is 5.81. The molecule has 0 unspecified atom stereocenters. The molecule has 4 rings (SSSR count). The van der Waals surface area contributed by atoms with Crippen LogP contribution in [0.15, 0.2) is 77.7 Å². The summed E-state index contributed by atoms with van der Waals surface area (Å²) < 4.78 is 2.56. The molecule has 0 saturated carbocycles. The van der Waals surface area contributed by atoms with Gasteiger partial charge in [-0.3, -0.25) is 0 Å². The van der Waals surface area contributed by atoms with E-state index >= 15 is 0 Å². The van der Waals surface area contributed by atoms with Crippen molar-refractivity contribution in [2.45, 2.75) is 88.3 Å². The first-order valence-corrected chi connectivity index (χ1v) is 15.5. The van der Waals surface area contributed by atoms with Crippen LogP contribution in [0.25, 0.3) is 0 Å². The number of unbranched alkanes of at least 4 members (excludes halogenated alkanes) is 2.